The van der Waals surface area contributed by atoms with Gasteiger partial charge in [-0.05, 0) is 6.42 Å². The van der Waals surface area contributed by atoms with Crippen LogP contribution in [0.25, 0.3) is 0 Å². The van der Waals surface area contributed by atoms with Gasteiger partial charge >= 0.3 is 0 Å². The molecule has 0 saturated heterocycles. The molecular weight excluding hydrogens is 127 g/mol. The standard InChI is InChI=1S/C4H9FN2S/c5-2-1-3-8-4(6)7/h1-3H2,(H3,6,7). The second-order valence-electron chi connectivity index (χ2n) is 1.26. The lowest BCUT2D eigenvalue weighted by molar-refractivity contribution is 0.489. The summed E-state index contributed by atoms with van der Waals surface area (Å²) >= 11 is 1.18. The van der Waals surface area contributed by atoms with Gasteiger partial charge in [0.1, 0.15) is 0 Å². The summed E-state index contributed by atoms with van der Waals surface area (Å²) < 4.78 is 11.3. The second-order valence-corrected chi connectivity index (χ2v) is 2.39. The van der Waals surface area contributed by atoms with Crippen molar-refractivity contribution in [2.45, 2.75) is 6.42 Å². The van der Waals surface area contributed by atoms with Gasteiger partial charge < -0.3 is 5.73 Å². The molecule has 0 aromatic heterocycles. The molecule has 0 spiro atoms. The zero-order chi connectivity index (χ0) is 6.41. The molecule has 2 nitrogen and oxygen atoms in total. The van der Waals surface area contributed by atoms with Crippen molar-refractivity contribution in [2.24, 2.45) is 5.73 Å². The number of thioether (sulfide) groups is 1. The monoisotopic (exact) mass is 136 g/mol. The van der Waals surface area contributed by atoms with Gasteiger partial charge in [0.05, 0.1) is 6.67 Å². The lowest BCUT2D eigenvalue weighted by atomic mass is 10.6. The highest BCUT2D eigenvalue weighted by atomic mass is 32.2. The summed E-state index contributed by atoms with van der Waals surface area (Å²) in [5.74, 6) is 0.617. The van der Waals surface area contributed by atoms with Crippen molar-refractivity contribution in [1.29, 1.82) is 5.41 Å². The number of rotatable bonds is 3. The summed E-state index contributed by atoms with van der Waals surface area (Å²) in [5.41, 5.74) is 4.96. The van der Waals surface area contributed by atoms with Gasteiger partial charge in [-0.15, -0.1) is 0 Å². The Hall–Kier alpha value is -0.250. The third kappa shape index (κ3) is 5.75. The highest BCUT2D eigenvalue weighted by molar-refractivity contribution is 8.13. The molecule has 0 unspecified atom stereocenters. The maximum atomic E-state index is 11.3. The minimum Gasteiger partial charge on any atom is -0.379 e. The summed E-state index contributed by atoms with van der Waals surface area (Å²) in [6.07, 6.45) is 0.490. The van der Waals surface area contributed by atoms with E-state index in [9.17, 15) is 4.39 Å². The number of halogens is 1. The van der Waals surface area contributed by atoms with E-state index in [4.69, 9.17) is 11.1 Å². The summed E-state index contributed by atoms with van der Waals surface area (Å²) in [5, 5.41) is 6.76. The molecule has 0 atom stereocenters. The molecule has 0 fully saturated rings. The minimum atomic E-state index is -0.319. The Bertz CT molecular complexity index is 76.4. The molecule has 0 aliphatic heterocycles. The van der Waals surface area contributed by atoms with E-state index in [1.165, 1.54) is 11.8 Å². The Balaban J connectivity index is 2.82. The van der Waals surface area contributed by atoms with E-state index < -0.39 is 0 Å². The molecule has 0 aromatic rings. The van der Waals surface area contributed by atoms with E-state index >= 15 is 0 Å². The SMILES string of the molecule is N=C(N)SCCCF. The maximum absolute atomic E-state index is 11.3. The fourth-order valence-electron chi connectivity index (χ4n) is 0.237. The molecule has 0 amide bonds. The average molecular weight is 136 g/mol. The van der Waals surface area contributed by atoms with Crippen molar-refractivity contribution in [3.05, 3.63) is 0 Å². The van der Waals surface area contributed by atoms with Gasteiger partial charge in [0, 0.05) is 5.75 Å². The number of nitrogens with two attached hydrogens (primary N) is 1. The van der Waals surface area contributed by atoms with E-state index in [0.29, 0.717) is 12.2 Å². The Morgan fingerprint density at radius 3 is 2.75 bits per heavy atom. The van der Waals surface area contributed by atoms with Crippen molar-refractivity contribution < 1.29 is 4.39 Å². The Kier molecular flexibility index (Phi) is 4.75. The molecule has 0 radical (unpaired) electrons. The van der Waals surface area contributed by atoms with Crippen molar-refractivity contribution >= 4 is 16.9 Å². The molecule has 0 aromatic carbocycles. The quantitative estimate of drug-likeness (QED) is 0.345. The van der Waals surface area contributed by atoms with E-state index in [0.717, 1.165) is 0 Å². The number of alkyl halides is 1. The van der Waals surface area contributed by atoms with Crippen LogP contribution in [-0.2, 0) is 0 Å². The molecule has 3 N–H and O–H groups in total. The smallest absolute Gasteiger partial charge is 0.151 e. The predicted molar refractivity (Wildman–Crippen MR) is 35.0 cm³/mol. The number of amidine groups is 1. The van der Waals surface area contributed by atoms with Gasteiger partial charge in [-0.2, -0.15) is 0 Å². The number of nitrogens with one attached hydrogen (secondary N) is 1. The van der Waals surface area contributed by atoms with Crippen molar-refractivity contribution in [3.63, 3.8) is 0 Å². The molecule has 0 aliphatic carbocycles. The molecule has 0 bridgehead atoms. The molecule has 48 valence electrons. The summed E-state index contributed by atoms with van der Waals surface area (Å²) in [6, 6.07) is 0. The minimum absolute atomic E-state index is 0.0680. The van der Waals surface area contributed by atoms with Crippen LogP contribution in [0.15, 0.2) is 0 Å². The molecule has 0 aliphatic rings. The number of hydrogen-bond acceptors (Lipinski definition) is 2. The lowest BCUT2D eigenvalue weighted by Crippen LogP contribution is -2.04. The van der Waals surface area contributed by atoms with Crippen LogP contribution in [0.4, 0.5) is 4.39 Å². The molecule has 0 saturated carbocycles. The van der Waals surface area contributed by atoms with Crippen LogP contribution in [0.5, 0.6) is 0 Å². The van der Waals surface area contributed by atoms with Crippen molar-refractivity contribution in [1.82, 2.24) is 0 Å². The summed E-state index contributed by atoms with van der Waals surface area (Å²) in [7, 11) is 0. The average Bonchev–Trinajstić information content (AvgIpc) is 1.66. The van der Waals surface area contributed by atoms with E-state index in [1.807, 2.05) is 0 Å². The molecule has 4 heteroatoms. The zero-order valence-electron chi connectivity index (χ0n) is 4.48. The van der Waals surface area contributed by atoms with Crippen LogP contribution < -0.4 is 5.73 Å². The zero-order valence-corrected chi connectivity index (χ0v) is 5.30. The maximum Gasteiger partial charge on any atom is 0.151 e. The first-order valence-corrected chi connectivity index (χ1v) is 3.28. The van der Waals surface area contributed by atoms with E-state index in [2.05, 4.69) is 0 Å². The Labute approximate surface area is 52.1 Å². The molecular formula is C4H9FN2S. The van der Waals surface area contributed by atoms with Crippen molar-refractivity contribution in [2.75, 3.05) is 12.4 Å². The van der Waals surface area contributed by atoms with Gasteiger partial charge in [-0.3, -0.25) is 9.80 Å². The van der Waals surface area contributed by atoms with Crippen LogP contribution in [0.2, 0.25) is 0 Å². The van der Waals surface area contributed by atoms with Crippen molar-refractivity contribution in [3.8, 4) is 0 Å². The molecule has 0 heterocycles. The Morgan fingerprint density at radius 2 is 2.38 bits per heavy atom. The van der Waals surface area contributed by atoms with Crippen LogP contribution in [-0.4, -0.2) is 17.6 Å². The van der Waals surface area contributed by atoms with Gasteiger partial charge in [0.15, 0.2) is 5.17 Å². The summed E-state index contributed by atoms with van der Waals surface area (Å²) in [4.78, 5) is 0. The normalized spacial score (nSPS) is 9.12. The van der Waals surface area contributed by atoms with Crippen LogP contribution in [0.1, 0.15) is 6.42 Å². The van der Waals surface area contributed by atoms with Crippen LogP contribution >= 0.6 is 11.8 Å². The first-order valence-electron chi connectivity index (χ1n) is 2.30. The van der Waals surface area contributed by atoms with Gasteiger partial charge in [-0.25, -0.2) is 0 Å². The highest BCUT2D eigenvalue weighted by Crippen LogP contribution is 1.99. The van der Waals surface area contributed by atoms with Crippen LogP contribution in [0.3, 0.4) is 0 Å². The fraction of sp³-hybridized carbons (Fsp3) is 0.750. The molecule has 0 rings (SSSR count). The van der Waals surface area contributed by atoms with Crippen LogP contribution in [0, 0.1) is 5.41 Å². The van der Waals surface area contributed by atoms with Gasteiger partial charge in [-0.1, -0.05) is 11.8 Å². The third-order valence-electron chi connectivity index (χ3n) is 0.536. The first-order chi connectivity index (χ1) is 3.77. The second kappa shape index (κ2) is 4.90. The third-order valence-corrected chi connectivity index (χ3v) is 1.34. The predicted octanol–water partition coefficient (Wildman–Crippen LogP) is 0.973. The van der Waals surface area contributed by atoms with Gasteiger partial charge in [0.2, 0.25) is 0 Å². The van der Waals surface area contributed by atoms with E-state index in [-0.39, 0.29) is 11.8 Å². The molecule has 8 heavy (non-hydrogen) atoms. The lowest BCUT2D eigenvalue weighted by Gasteiger charge is -1.92. The Morgan fingerprint density at radius 1 is 1.75 bits per heavy atom. The first kappa shape index (κ1) is 7.75. The summed E-state index contributed by atoms with van der Waals surface area (Å²) in [6.45, 7) is -0.319. The highest BCUT2D eigenvalue weighted by Gasteiger charge is 1.88. The topological polar surface area (TPSA) is 49.9 Å². The van der Waals surface area contributed by atoms with Gasteiger partial charge in [0.25, 0.3) is 0 Å². The fourth-order valence-corrected chi connectivity index (χ4v) is 0.710. The largest absolute Gasteiger partial charge is 0.379 e. The number of hydrogen-bond donors (Lipinski definition) is 2. The van der Waals surface area contributed by atoms with E-state index in [1.54, 1.807) is 0 Å².